The van der Waals surface area contributed by atoms with Crippen molar-refractivity contribution in [2.45, 2.75) is 39.7 Å². The smallest absolute Gasteiger partial charge is 0.309 e. The van der Waals surface area contributed by atoms with E-state index in [1.165, 1.54) is 12.1 Å². The first-order valence-electron chi connectivity index (χ1n) is 5.75. The van der Waals surface area contributed by atoms with Gasteiger partial charge in [-0.2, -0.15) is 0 Å². The summed E-state index contributed by atoms with van der Waals surface area (Å²) in [5.74, 6) is -0.795. The number of ether oxygens (including phenoxy) is 1. The minimum atomic E-state index is -0.479. The maximum absolute atomic E-state index is 13.0. The van der Waals surface area contributed by atoms with E-state index < -0.39 is 5.60 Å². The summed E-state index contributed by atoms with van der Waals surface area (Å²) < 4.78 is 18.2. The molecule has 0 amide bonds. The quantitative estimate of drug-likeness (QED) is 0.755. The van der Waals surface area contributed by atoms with Crippen LogP contribution in [0.25, 0.3) is 0 Å². The lowest BCUT2D eigenvalue weighted by atomic mass is 10.0. The molecule has 1 aromatic carbocycles. The molecule has 0 spiro atoms. The summed E-state index contributed by atoms with van der Waals surface area (Å²) >= 11 is 0. The van der Waals surface area contributed by atoms with Crippen LogP contribution in [0.1, 0.15) is 33.3 Å². The van der Waals surface area contributed by atoms with E-state index in [0.29, 0.717) is 6.42 Å². The maximum atomic E-state index is 13.0. The third-order valence-electron chi connectivity index (χ3n) is 2.24. The van der Waals surface area contributed by atoms with Crippen LogP contribution >= 0.6 is 0 Å². The molecular formula is C14H19FO2. The third-order valence-corrected chi connectivity index (χ3v) is 2.24. The van der Waals surface area contributed by atoms with E-state index >= 15 is 0 Å². The summed E-state index contributed by atoms with van der Waals surface area (Å²) in [6.45, 7) is 7.29. The SMILES string of the molecule is CC(Cc1cccc(F)c1)C(=O)OC(C)(C)C. The Labute approximate surface area is 102 Å². The van der Waals surface area contributed by atoms with Gasteiger partial charge in [-0.25, -0.2) is 4.39 Å². The molecule has 3 heteroatoms. The van der Waals surface area contributed by atoms with Crippen LogP contribution in [0.5, 0.6) is 0 Å². The fourth-order valence-electron chi connectivity index (χ4n) is 1.50. The fourth-order valence-corrected chi connectivity index (χ4v) is 1.50. The van der Waals surface area contributed by atoms with E-state index in [4.69, 9.17) is 4.74 Å². The monoisotopic (exact) mass is 238 g/mol. The number of hydrogen-bond donors (Lipinski definition) is 0. The first kappa shape index (κ1) is 13.7. The lowest BCUT2D eigenvalue weighted by molar-refractivity contribution is -0.159. The van der Waals surface area contributed by atoms with Gasteiger partial charge in [0.05, 0.1) is 5.92 Å². The standard InChI is InChI=1S/C14H19FO2/c1-10(13(16)17-14(2,3)4)8-11-6-5-7-12(15)9-11/h5-7,9-10H,8H2,1-4H3. The number of hydrogen-bond acceptors (Lipinski definition) is 2. The molecule has 94 valence electrons. The summed E-state index contributed by atoms with van der Waals surface area (Å²) in [6.07, 6.45) is 0.493. The summed E-state index contributed by atoms with van der Waals surface area (Å²) in [5, 5.41) is 0. The van der Waals surface area contributed by atoms with Gasteiger partial charge in [-0.3, -0.25) is 4.79 Å². The molecule has 0 aliphatic rings. The predicted octanol–water partition coefficient (Wildman–Crippen LogP) is 3.35. The Hall–Kier alpha value is -1.38. The van der Waals surface area contributed by atoms with Crippen LogP contribution in [-0.4, -0.2) is 11.6 Å². The van der Waals surface area contributed by atoms with E-state index in [1.54, 1.807) is 13.0 Å². The van der Waals surface area contributed by atoms with Gasteiger partial charge >= 0.3 is 5.97 Å². The second-order valence-corrected chi connectivity index (χ2v) is 5.27. The molecule has 0 bridgehead atoms. The van der Waals surface area contributed by atoms with Crippen LogP contribution in [0.2, 0.25) is 0 Å². The van der Waals surface area contributed by atoms with Gasteiger partial charge in [0.15, 0.2) is 0 Å². The first-order chi connectivity index (χ1) is 7.78. The Morgan fingerprint density at radius 3 is 2.59 bits per heavy atom. The van der Waals surface area contributed by atoms with E-state index in [9.17, 15) is 9.18 Å². The van der Waals surface area contributed by atoms with Crippen molar-refractivity contribution >= 4 is 5.97 Å². The summed E-state index contributed by atoms with van der Waals surface area (Å²) in [7, 11) is 0. The average Bonchev–Trinajstić information content (AvgIpc) is 2.14. The molecule has 1 aromatic rings. The number of carbonyl (C=O) groups is 1. The van der Waals surface area contributed by atoms with E-state index in [2.05, 4.69) is 0 Å². The molecule has 0 radical (unpaired) electrons. The highest BCUT2D eigenvalue weighted by Crippen LogP contribution is 2.15. The topological polar surface area (TPSA) is 26.3 Å². The van der Waals surface area contributed by atoms with Crippen molar-refractivity contribution in [2.75, 3.05) is 0 Å². The van der Waals surface area contributed by atoms with Gasteiger partial charge in [0.1, 0.15) is 11.4 Å². The highest BCUT2D eigenvalue weighted by Gasteiger charge is 2.21. The van der Waals surface area contributed by atoms with Crippen LogP contribution in [-0.2, 0) is 16.0 Å². The molecule has 0 aliphatic carbocycles. The number of halogens is 1. The Kier molecular flexibility index (Phi) is 4.27. The molecule has 1 atom stereocenters. The number of esters is 1. The largest absolute Gasteiger partial charge is 0.460 e. The van der Waals surface area contributed by atoms with Crippen LogP contribution in [0.3, 0.4) is 0 Å². The second kappa shape index (κ2) is 5.30. The van der Waals surface area contributed by atoms with Crippen molar-refractivity contribution in [3.05, 3.63) is 35.6 Å². The average molecular weight is 238 g/mol. The molecule has 0 aromatic heterocycles. The van der Waals surface area contributed by atoms with Gasteiger partial charge in [0.25, 0.3) is 0 Å². The molecule has 0 aliphatic heterocycles. The van der Waals surface area contributed by atoms with Gasteiger partial charge in [-0.1, -0.05) is 19.1 Å². The second-order valence-electron chi connectivity index (χ2n) is 5.27. The molecule has 1 rings (SSSR count). The first-order valence-corrected chi connectivity index (χ1v) is 5.75. The van der Waals surface area contributed by atoms with Crippen LogP contribution in [0.4, 0.5) is 4.39 Å². The van der Waals surface area contributed by atoms with Crippen molar-refractivity contribution in [2.24, 2.45) is 5.92 Å². The highest BCUT2D eigenvalue weighted by atomic mass is 19.1. The molecule has 2 nitrogen and oxygen atoms in total. The van der Waals surface area contributed by atoms with Gasteiger partial charge in [0.2, 0.25) is 0 Å². The minimum absolute atomic E-state index is 0.248. The molecule has 17 heavy (non-hydrogen) atoms. The Morgan fingerprint density at radius 2 is 2.06 bits per heavy atom. The van der Waals surface area contributed by atoms with E-state index in [1.807, 2.05) is 26.8 Å². The summed E-state index contributed by atoms with van der Waals surface area (Å²) in [6, 6.07) is 6.29. The van der Waals surface area contributed by atoms with Gasteiger partial charge in [-0.05, 0) is 44.9 Å². The molecule has 0 saturated carbocycles. The van der Waals surface area contributed by atoms with Gasteiger partial charge in [0, 0.05) is 0 Å². The highest BCUT2D eigenvalue weighted by molar-refractivity contribution is 5.72. The van der Waals surface area contributed by atoms with Crippen LogP contribution in [0, 0.1) is 11.7 Å². The van der Waals surface area contributed by atoms with E-state index in [0.717, 1.165) is 5.56 Å². The fraction of sp³-hybridized carbons (Fsp3) is 0.500. The van der Waals surface area contributed by atoms with Crippen molar-refractivity contribution < 1.29 is 13.9 Å². The molecular weight excluding hydrogens is 219 g/mol. The number of rotatable bonds is 3. The Bertz CT molecular complexity index is 393. The van der Waals surface area contributed by atoms with Crippen LogP contribution in [0.15, 0.2) is 24.3 Å². The predicted molar refractivity (Wildman–Crippen MR) is 65.1 cm³/mol. The van der Waals surface area contributed by atoms with E-state index in [-0.39, 0.29) is 17.7 Å². The third kappa shape index (κ3) is 4.98. The molecule has 0 saturated heterocycles. The van der Waals surface area contributed by atoms with Gasteiger partial charge in [-0.15, -0.1) is 0 Å². The number of benzene rings is 1. The zero-order chi connectivity index (χ0) is 13.1. The molecule has 0 fully saturated rings. The molecule has 0 N–H and O–H groups in total. The van der Waals surface area contributed by atoms with Crippen molar-refractivity contribution in [3.63, 3.8) is 0 Å². The lowest BCUT2D eigenvalue weighted by Gasteiger charge is -2.22. The molecule has 0 heterocycles. The minimum Gasteiger partial charge on any atom is -0.460 e. The summed E-state index contributed by atoms with van der Waals surface area (Å²) in [5.41, 5.74) is 0.330. The van der Waals surface area contributed by atoms with Crippen molar-refractivity contribution in [1.29, 1.82) is 0 Å². The summed E-state index contributed by atoms with van der Waals surface area (Å²) in [4.78, 5) is 11.7. The maximum Gasteiger partial charge on any atom is 0.309 e. The van der Waals surface area contributed by atoms with Gasteiger partial charge < -0.3 is 4.74 Å². The normalized spacial score (nSPS) is 13.2. The van der Waals surface area contributed by atoms with Crippen molar-refractivity contribution in [3.8, 4) is 0 Å². The van der Waals surface area contributed by atoms with Crippen molar-refractivity contribution in [1.82, 2.24) is 0 Å². The zero-order valence-corrected chi connectivity index (χ0v) is 10.8. The molecule has 1 unspecified atom stereocenters. The number of carbonyl (C=O) groups excluding carboxylic acids is 1. The Balaban J connectivity index is 2.60. The zero-order valence-electron chi connectivity index (χ0n) is 10.8. The lowest BCUT2D eigenvalue weighted by Crippen LogP contribution is -2.28. The van der Waals surface area contributed by atoms with Crippen LogP contribution < -0.4 is 0 Å². The Morgan fingerprint density at radius 1 is 1.41 bits per heavy atom.